The number of esters is 1. The van der Waals surface area contributed by atoms with E-state index in [4.69, 9.17) is 4.74 Å². The van der Waals surface area contributed by atoms with Gasteiger partial charge in [0.25, 0.3) is 5.91 Å². The molecule has 0 atom stereocenters. The van der Waals surface area contributed by atoms with Crippen LogP contribution in [0.1, 0.15) is 17.3 Å². The molecule has 0 radical (unpaired) electrons. The van der Waals surface area contributed by atoms with Gasteiger partial charge in [0.1, 0.15) is 0 Å². The smallest absolute Gasteiger partial charge is 0.413 e. The van der Waals surface area contributed by atoms with Crippen LogP contribution in [0.2, 0.25) is 0 Å². The first-order valence-electron chi connectivity index (χ1n) is 7.40. The van der Waals surface area contributed by atoms with Crippen molar-refractivity contribution in [1.82, 2.24) is 5.32 Å². The van der Waals surface area contributed by atoms with Crippen LogP contribution in [0.15, 0.2) is 54.6 Å². The summed E-state index contributed by atoms with van der Waals surface area (Å²) < 4.78 is 9.54. The molecule has 2 amide bonds. The van der Waals surface area contributed by atoms with E-state index in [1.54, 1.807) is 25.1 Å². The molecule has 2 aromatic rings. The van der Waals surface area contributed by atoms with Gasteiger partial charge in [0.2, 0.25) is 0 Å². The summed E-state index contributed by atoms with van der Waals surface area (Å²) in [6.07, 6.45) is -0.872. The molecule has 0 bridgehead atoms. The van der Waals surface area contributed by atoms with Gasteiger partial charge in [-0.2, -0.15) is 0 Å². The van der Waals surface area contributed by atoms with Gasteiger partial charge in [-0.05, 0) is 24.1 Å². The Morgan fingerprint density at radius 2 is 1.58 bits per heavy atom. The highest BCUT2D eigenvalue weighted by Crippen LogP contribution is 2.23. The molecule has 0 heterocycles. The molecule has 2 aromatic carbocycles. The van der Waals surface area contributed by atoms with Crippen LogP contribution >= 0.6 is 0 Å². The van der Waals surface area contributed by atoms with Gasteiger partial charge in [-0.3, -0.25) is 10.1 Å². The molecular weight excluding hydrogens is 310 g/mol. The molecule has 0 aliphatic heterocycles. The van der Waals surface area contributed by atoms with Gasteiger partial charge in [-0.1, -0.05) is 48.5 Å². The molecule has 0 fully saturated rings. The lowest BCUT2D eigenvalue weighted by Gasteiger charge is -2.10. The molecule has 124 valence electrons. The van der Waals surface area contributed by atoms with Crippen LogP contribution < -0.4 is 5.32 Å². The standard InChI is InChI=1S/C18H17NO5/c1-2-23-18(22)19-16(20)12-24-17(21)15-11-7-6-10-14(15)13-8-4-3-5-9-13/h3-11H,2,12H2,1H3,(H,19,20,22). The number of ether oxygens (including phenoxy) is 2. The number of benzene rings is 2. The van der Waals surface area contributed by atoms with Crippen molar-refractivity contribution in [2.45, 2.75) is 6.92 Å². The zero-order valence-corrected chi connectivity index (χ0v) is 13.2. The molecule has 0 spiro atoms. The Kier molecular flexibility index (Phi) is 6.08. The number of imide groups is 1. The third-order valence-corrected chi connectivity index (χ3v) is 3.08. The molecule has 0 aliphatic carbocycles. The van der Waals surface area contributed by atoms with Crippen LogP contribution in [-0.2, 0) is 14.3 Å². The predicted molar refractivity (Wildman–Crippen MR) is 87.3 cm³/mol. The van der Waals surface area contributed by atoms with E-state index in [0.29, 0.717) is 11.1 Å². The Hall–Kier alpha value is -3.15. The Labute approximate surface area is 139 Å². The van der Waals surface area contributed by atoms with Gasteiger partial charge in [-0.15, -0.1) is 0 Å². The third kappa shape index (κ3) is 4.67. The van der Waals surface area contributed by atoms with E-state index in [2.05, 4.69) is 4.74 Å². The lowest BCUT2D eigenvalue weighted by molar-refractivity contribution is -0.123. The summed E-state index contributed by atoms with van der Waals surface area (Å²) in [6.45, 7) is 1.19. The number of carbonyl (C=O) groups is 3. The summed E-state index contributed by atoms with van der Waals surface area (Å²) in [5.74, 6) is -1.40. The van der Waals surface area contributed by atoms with Crippen LogP contribution in [0.25, 0.3) is 11.1 Å². The molecule has 24 heavy (non-hydrogen) atoms. The van der Waals surface area contributed by atoms with Crippen molar-refractivity contribution in [3.63, 3.8) is 0 Å². The number of hydrogen-bond acceptors (Lipinski definition) is 5. The largest absolute Gasteiger partial charge is 0.452 e. The minimum Gasteiger partial charge on any atom is -0.452 e. The lowest BCUT2D eigenvalue weighted by Crippen LogP contribution is -2.34. The van der Waals surface area contributed by atoms with Crippen LogP contribution in [0.3, 0.4) is 0 Å². The van der Waals surface area contributed by atoms with Crippen molar-refractivity contribution in [2.75, 3.05) is 13.2 Å². The number of amides is 2. The number of rotatable bonds is 5. The molecular formula is C18H17NO5. The van der Waals surface area contributed by atoms with E-state index in [1.165, 1.54) is 0 Å². The first kappa shape index (κ1) is 17.2. The SMILES string of the molecule is CCOC(=O)NC(=O)COC(=O)c1ccccc1-c1ccccc1. The van der Waals surface area contributed by atoms with Gasteiger partial charge >= 0.3 is 12.1 Å². The summed E-state index contributed by atoms with van der Waals surface area (Å²) in [5.41, 5.74) is 1.91. The zero-order chi connectivity index (χ0) is 17.4. The quantitative estimate of drug-likeness (QED) is 0.854. The van der Waals surface area contributed by atoms with Gasteiger partial charge < -0.3 is 9.47 Å². The van der Waals surface area contributed by atoms with Gasteiger partial charge in [0.05, 0.1) is 12.2 Å². The minimum atomic E-state index is -0.872. The van der Waals surface area contributed by atoms with E-state index in [9.17, 15) is 14.4 Å². The molecule has 1 N–H and O–H groups in total. The third-order valence-electron chi connectivity index (χ3n) is 3.08. The van der Waals surface area contributed by atoms with E-state index >= 15 is 0 Å². The molecule has 6 nitrogen and oxygen atoms in total. The van der Waals surface area contributed by atoms with E-state index < -0.39 is 24.6 Å². The second kappa shape index (κ2) is 8.47. The average molecular weight is 327 g/mol. The van der Waals surface area contributed by atoms with Gasteiger partial charge in [0, 0.05) is 0 Å². The summed E-state index contributed by atoms with van der Waals surface area (Å²) in [7, 11) is 0. The van der Waals surface area contributed by atoms with E-state index in [-0.39, 0.29) is 6.61 Å². The van der Waals surface area contributed by atoms with Gasteiger partial charge in [-0.25, -0.2) is 9.59 Å². The fourth-order valence-electron chi connectivity index (χ4n) is 2.06. The molecule has 2 rings (SSSR count). The fraction of sp³-hybridized carbons (Fsp3) is 0.167. The maximum absolute atomic E-state index is 12.2. The number of nitrogens with one attached hydrogen (secondary N) is 1. The van der Waals surface area contributed by atoms with Crippen molar-refractivity contribution in [1.29, 1.82) is 0 Å². The van der Waals surface area contributed by atoms with Gasteiger partial charge in [0.15, 0.2) is 6.61 Å². The molecule has 0 saturated heterocycles. The van der Waals surface area contributed by atoms with Crippen LogP contribution in [0, 0.1) is 0 Å². The molecule has 0 saturated carbocycles. The van der Waals surface area contributed by atoms with Crippen molar-refractivity contribution < 1.29 is 23.9 Å². The zero-order valence-electron chi connectivity index (χ0n) is 13.2. The van der Waals surface area contributed by atoms with Crippen molar-refractivity contribution in [3.8, 4) is 11.1 Å². The maximum atomic E-state index is 12.2. The summed E-state index contributed by atoms with van der Waals surface area (Å²) in [5, 5.41) is 1.96. The maximum Gasteiger partial charge on any atom is 0.413 e. The second-order valence-electron chi connectivity index (χ2n) is 4.76. The molecule has 0 unspecified atom stereocenters. The molecule has 6 heteroatoms. The number of alkyl carbamates (subject to hydrolysis) is 1. The Bertz CT molecular complexity index is 727. The minimum absolute atomic E-state index is 0.142. The lowest BCUT2D eigenvalue weighted by atomic mass is 10.00. The fourth-order valence-corrected chi connectivity index (χ4v) is 2.06. The van der Waals surface area contributed by atoms with Crippen LogP contribution in [0.4, 0.5) is 4.79 Å². The topological polar surface area (TPSA) is 81.7 Å². The van der Waals surface area contributed by atoms with Crippen LogP contribution in [-0.4, -0.2) is 31.2 Å². The number of hydrogen-bond donors (Lipinski definition) is 1. The predicted octanol–water partition coefficient (Wildman–Crippen LogP) is 2.78. The normalized spacial score (nSPS) is 9.88. The Morgan fingerprint density at radius 3 is 2.29 bits per heavy atom. The Morgan fingerprint density at radius 1 is 0.917 bits per heavy atom. The second-order valence-corrected chi connectivity index (χ2v) is 4.76. The van der Waals surface area contributed by atoms with Crippen molar-refractivity contribution in [2.24, 2.45) is 0 Å². The molecule has 0 aliphatic rings. The summed E-state index contributed by atoms with van der Waals surface area (Å²) in [4.78, 5) is 34.9. The Balaban J connectivity index is 2.03. The molecule has 0 aromatic heterocycles. The van der Waals surface area contributed by atoms with Crippen molar-refractivity contribution in [3.05, 3.63) is 60.2 Å². The monoisotopic (exact) mass is 327 g/mol. The van der Waals surface area contributed by atoms with E-state index in [0.717, 1.165) is 5.56 Å². The highest BCUT2D eigenvalue weighted by molar-refractivity contribution is 5.99. The van der Waals surface area contributed by atoms with Crippen LogP contribution in [0.5, 0.6) is 0 Å². The summed E-state index contributed by atoms with van der Waals surface area (Å²) >= 11 is 0. The highest BCUT2D eigenvalue weighted by Gasteiger charge is 2.16. The average Bonchev–Trinajstić information content (AvgIpc) is 2.60. The number of carbonyl (C=O) groups excluding carboxylic acids is 3. The van der Waals surface area contributed by atoms with E-state index in [1.807, 2.05) is 41.7 Å². The summed E-state index contributed by atoms with van der Waals surface area (Å²) in [6, 6.07) is 16.3. The first-order valence-corrected chi connectivity index (χ1v) is 7.40. The highest BCUT2D eigenvalue weighted by atomic mass is 16.6. The van der Waals surface area contributed by atoms with Crippen molar-refractivity contribution >= 4 is 18.0 Å². The first-order chi connectivity index (χ1) is 11.6.